The number of fused-ring (bicyclic) bond motifs is 2. The smallest absolute Gasteiger partial charge is 0.335 e. The van der Waals surface area contributed by atoms with Crippen molar-refractivity contribution < 1.29 is 24.1 Å². The Hall–Kier alpha value is -3.06. The van der Waals surface area contributed by atoms with Gasteiger partial charge in [-0.1, -0.05) is 0 Å². The molecule has 0 aliphatic carbocycles. The topological polar surface area (TPSA) is 82.8 Å². The number of ether oxygens (including phenoxy) is 3. The molecule has 7 heteroatoms. The van der Waals surface area contributed by atoms with Gasteiger partial charge in [0, 0.05) is 19.2 Å². The van der Waals surface area contributed by atoms with Crippen molar-refractivity contribution in [2.24, 2.45) is 0 Å². The third-order valence-corrected chi connectivity index (χ3v) is 4.14. The number of hydrogen-bond acceptors (Lipinski definition) is 5. The van der Waals surface area contributed by atoms with Crippen molar-refractivity contribution >= 4 is 17.0 Å². The monoisotopic (exact) mass is 340 g/mol. The average Bonchev–Trinajstić information content (AvgIpc) is 3.22. The van der Waals surface area contributed by atoms with Crippen LogP contribution in [0, 0.1) is 0 Å². The SMILES string of the molecule is COCCn1c(-c2ccc3c(c2)OCO3)nc2cc(C(=O)O)ccc21. The summed E-state index contributed by atoms with van der Waals surface area (Å²) in [4.78, 5) is 15.9. The Balaban J connectivity index is 1.87. The molecule has 3 aromatic rings. The van der Waals surface area contributed by atoms with Gasteiger partial charge in [0.15, 0.2) is 11.5 Å². The van der Waals surface area contributed by atoms with Crippen molar-refractivity contribution in [1.29, 1.82) is 0 Å². The molecule has 2 heterocycles. The highest BCUT2D eigenvalue weighted by molar-refractivity contribution is 5.93. The minimum Gasteiger partial charge on any atom is -0.478 e. The molecule has 0 radical (unpaired) electrons. The lowest BCUT2D eigenvalue weighted by atomic mass is 10.2. The van der Waals surface area contributed by atoms with Crippen LogP contribution in [0.3, 0.4) is 0 Å². The second-order valence-electron chi connectivity index (χ2n) is 5.66. The largest absolute Gasteiger partial charge is 0.478 e. The van der Waals surface area contributed by atoms with Gasteiger partial charge in [0.05, 0.1) is 23.2 Å². The predicted octanol–water partition coefficient (Wildman–Crippen LogP) is 2.78. The van der Waals surface area contributed by atoms with Crippen LogP contribution in [0.5, 0.6) is 11.5 Å². The first-order valence-electron chi connectivity index (χ1n) is 7.80. The van der Waals surface area contributed by atoms with Gasteiger partial charge in [0.25, 0.3) is 0 Å². The van der Waals surface area contributed by atoms with Crippen LogP contribution < -0.4 is 9.47 Å². The highest BCUT2D eigenvalue weighted by Crippen LogP contribution is 2.36. The van der Waals surface area contributed by atoms with Gasteiger partial charge >= 0.3 is 5.97 Å². The number of methoxy groups -OCH3 is 1. The van der Waals surface area contributed by atoms with Crippen molar-refractivity contribution in [3.05, 3.63) is 42.0 Å². The Labute approximate surface area is 143 Å². The molecule has 1 aliphatic heterocycles. The molecular weight excluding hydrogens is 324 g/mol. The first kappa shape index (κ1) is 15.5. The number of nitrogens with zero attached hydrogens (tertiary/aromatic N) is 2. The van der Waals surface area contributed by atoms with Gasteiger partial charge in [-0.15, -0.1) is 0 Å². The normalized spacial score (nSPS) is 12.7. The second-order valence-corrected chi connectivity index (χ2v) is 5.66. The number of carboxylic acids is 1. The van der Waals surface area contributed by atoms with Crippen LogP contribution >= 0.6 is 0 Å². The molecule has 1 N–H and O–H groups in total. The van der Waals surface area contributed by atoms with Gasteiger partial charge in [0.1, 0.15) is 5.82 Å². The van der Waals surface area contributed by atoms with Crippen molar-refractivity contribution in [2.45, 2.75) is 6.54 Å². The van der Waals surface area contributed by atoms with E-state index in [2.05, 4.69) is 4.98 Å². The van der Waals surface area contributed by atoms with E-state index in [1.807, 2.05) is 22.8 Å². The lowest BCUT2D eigenvalue weighted by Gasteiger charge is -2.09. The summed E-state index contributed by atoms with van der Waals surface area (Å²) in [6.45, 7) is 1.33. The summed E-state index contributed by atoms with van der Waals surface area (Å²) in [5, 5.41) is 9.20. The molecule has 0 saturated heterocycles. The Kier molecular flexibility index (Phi) is 3.77. The van der Waals surface area contributed by atoms with Crippen molar-refractivity contribution in [3.63, 3.8) is 0 Å². The lowest BCUT2D eigenvalue weighted by molar-refractivity contribution is 0.0697. The van der Waals surface area contributed by atoms with Crippen molar-refractivity contribution in [2.75, 3.05) is 20.5 Å². The van der Waals surface area contributed by atoms with E-state index in [0.29, 0.717) is 30.2 Å². The molecule has 7 nitrogen and oxygen atoms in total. The maximum absolute atomic E-state index is 11.2. The Bertz CT molecular complexity index is 963. The first-order valence-corrected chi connectivity index (χ1v) is 7.80. The number of rotatable bonds is 5. The van der Waals surface area contributed by atoms with E-state index in [9.17, 15) is 9.90 Å². The number of aromatic nitrogens is 2. The zero-order valence-electron chi connectivity index (χ0n) is 13.6. The fourth-order valence-electron chi connectivity index (χ4n) is 2.93. The quantitative estimate of drug-likeness (QED) is 0.769. The molecule has 128 valence electrons. The number of hydrogen-bond donors (Lipinski definition) is 1. The zero-order valence-corrected chi connectivity index (χ0v) is 13.6. The molecule has 0 fully saturated rings. The van der Waals surface area contributed by atoms with Crippen LogP contribution in [-0.2, 0) is 11.3 Å². The molecule has 1 aliphatic rings. The molecule has 0 saturated carbocycles. The van der Waals surface area contributed by atoms with Crippen LogP contribution in [0.15, 0.2) is 36.4 Å². The molecule has 25 heavy (non-hydrogen) atoms. The van der Waals surface area contributed by atoms with E-state index in [4.69, 9.17) is 14.2 Å². The molecule has 0 atom stereocenters. The van der Waals surface area contributed by atoms with Gasteiger partial charge in [0.2, 0.25) is 6.79 Å². The number of carboxylic acid groups (broad SMARTS) is 1. The van der Waals surface area contributed by atoms with Crippen LogP contribution in [0.1, 0.15) is 10.4 Å². The van der Waals surface area contributed by atoms with E-state index in [1.54, 1.807) is 25.3 Å². The minimum atomic E-state index is -0.974. The lowest BCUT2D eigenvalue weighted by Crippen LogP contribution is -2.06. The standard InChI is InChI=1S/C18H16N2O5/c1-23-7-6-20-14-4-2-12(18(21)22)8-13(14)19-17(20)11-3-5-15-16(9-11)25-10-24-15/h2-5,8-9H,6-7,10H2,1H3,(H,21,22). The molecule has 4 rings (SSSR count). The predicted molar refractivity (Wildman–Crippen MR) is 90.1 cm³/mol. The highest BCUT2D eigenvalue weighted by atomic mass is 16.7. The van der Waals surface area contributed by atoms with Crippen molar-refractivity contribution in [3.8, 4) is 22.9 Å². The van der Waals surface area contributed by atoms with E-state index in [-0.39, 0.29) is 12.4 Å². The van der Waals surface area contributed by atoms with Gasteiger partial charge in [-0.25, -0.2) is 9.78 Å². The molecule has 0 bridgehead atoms. The summed E-state index contributed by atoms with van der Waals surface area (Å²) >= 11 is 0. The van der Waals surface area contributed by atoms with Gasteiger partial charge in [-0.3, -0.25) is 0 Å². The Morgan fingerprint density at radius 3 is 2.88 bits per heavy atom. The van der Waals surface area contributed by atoms with E-state index in [0.717, 1.165) is 16.9 Å². The molecule has 0 amide bonds. The van der Waals surface area contributed by atoms with Crippen LogP contribution in [0.4, 0.5) is 0 Å². The van der Waals surface area contributed by atoms with Crippen LogP contribution in [-0.4, -0.2) is 41.1 Å². The molecule has 0 unspecified atom stereocenters. The summed E-state index contributed by atoms with van der Waals surface area (Å²) in [7, 11) is 1.64. The number of carbonyl (C=O) groups is 1. The third kappa shape index (κ3) is 2.68. The summed E-state index contributed by atoms with van der Waals surface area (Å²) < 4.78 is 18.0. The molecule has 2 aromatic carbocycles. The number of aromatic carboxylic acids is 1. The Morgan fingerprint density at radius 2 is 2.08 bits per heavy atom. The first-order chi connectivity index (χ1) is 12.2. The maximum atomic E-state index is 11.2. The Morgan fingerprint density at radius 1 is 1.24 bits per heavy atom. The zero-order chi connectivity index (χ0) is 17.4. The van der Waals surface area contributed by atoms with Gasteiger partial charge < -0.3 is 23.9 Å². The van der Waals surface area contributed by atoms with Crippen molar-refractivity contribution in [1.82, 2.24) is 9.55 Å². The average molecular weight is 340 g/mol. The second kappa shape index (κ2) is 6.10. The number of benzene rings is 2. The summed E-state index contributed by atoms with van der Waals surface area (Å²) in [5.74, 6) is 1.14. The number of imidazole rings is 1. The maximum Gasteiger partial charge on any atom is 0.335 e. The summed E-state index contributed by atoms with van der Waals surface area (Å²) in [5.41, 5.74) is 2.56. The van der Waals surface area contributed by atoms with E-state index >= 15 is 0 Å². The van der Waals surface area contributed by atoms with E-state index in [1.165, 1.54) is 0 Å². The van der Waals surface area contributed by atoms with E-state index < -0.39 is 5.97 Å². The van der Waals surface area contributed by atoms with Crippen LogP contribution in [0.25, 0.3) is 22.4 Å². The third-order valence-electron chi connectivity index (χ3n) is 4.14. The molecule has 1 aromatic heterocycles. The molecular formula is C18H16N2O5. The fraction of sp³-hybridized carbons (Fsp3) is 0.222. The van der Waals surface area contributed by atoms with Gasteiger partial charge in [-0.05, 0) is 36.4 Å². The van der Waals surface area contributed by atoms with Gasteiger partial charge in [-0.2, -0.15) is 0 Å². The summed E-state index contributed by atoms with van der Waals surface area (Å²) in [6.07, 6.45) is 0. The van der Waals surface area contributed by atoms with Crippen LogP contribution in [0.2, 0.25) is 0 Å². The highest BCUT2D eigenvalue weighted by Gasteiger charge is 2.18. The summed E-state index contributed by atoms with van der Waals surface area (Å²) in [6, 6.07) is 10.6. The minimum absolute atomic E-state index is 0.209. The fourth-order valence-corrected chi connectivity index (χ4v) is 2.93. The molecule has 0 spiro atoms.